The van der Waals surface area contributed by atoms with Gasteiger partial charge in [0.2, 0.25) is 0 Å². The number of carbonyl (C=O) groups is 1. The van der Waals surface area contributed by atoms with Crippen molar-refractivity contribution in [2.45, 2.75) is 34.2 Å². The topological polar surface area (TPSA) is 80.9 Å². The predicted molar refractivity (Wildman–Crippen MR) is 110 cm³/mol. The molecule has 0 amide bonds. The molecular formula is C21H26N4O2. The van der Waals surface area contributed by atoms with E-state index in [1.165, 1.54) is 6.92 Å². The zero-order chi connectivity index (χ0) is 20.6. The number of hydrogen-bond donors (Lipinski definition) is 1. The van der Waals surface area contributed by atoms with E-state index in [1.54, 1.807) is 17.1 Å². The zero-order valence-electron chi connectivity index (χ0n) is 16.4. The quantitative estimate of drug-likeness (QED) is 0.403. The standard InChI is InChI=1S/C17H16N4O2.C2H6.C2H4/c1-10(22)9-21-16-5-4-13(14-7-18-12(3)19-8-14)6-15(16)17(20-21)11(2)23;2*1-2/h4-8,22H,1,9H2,2-3H3;1-2H3;1-2H2. The van der Waals surface area contributed by atoms with Crippen molar-refractivity contribution in [2.24, 2.45) is 0 Å². The second-order valence-electron chi connectivity index (χ2n) is 5.38. The number of Topliss-reactive ketones (excluding diaryl/α,β-unsaturated/α-hetero) is 1. The van der Waals surface area contributed by atoms with Gasteiger partial charge in [0, 0.05) is 30.3 Å². The van der Waals surface area contributed by atoms with Gasteiger partial charge < -0.3 is 5.11 Å². The lowest BCUT2D eigenvalue weighted by Crippen LogP contribution is -2.03. The molecule has 0 fully saturated rings. The SMILES string of the molecule is C=C.C=C(O)Cn1nc(C(C)=O)c2cc(-c3cnc(C)nc3)ccc21.CC. The molecule has 0 atom stereocenters. The van der Waals surface area contributed by atoms with Crippen LogP contribution in [0.2, 0.25) is 0 Å². The average molecular weight is 366 g/mol. The molecule has 0 spiro atoms. The summed E-state index contributed by atoms with van der Waals surface area (Å²) >= 11 is 0. The summed E-state index contributed by atoms with van der Waals surface area (Å²) in [5, 5.41) is 14.4. The first-order chi connectivity index (χ1) is 13.0. The van der Waals surface area contributed by atoms with E-state index in [1.807, 2.05) is 39.0 Å². The van der Waals surface area contributed by atoms with Crippen LogP contribution in [0.5, 0.6) is 0 Å². The summed E-state index contributed by atoms with van der Waals surface area (Å²) < 4.78 is 1.57. The van der Waals surface area contributed by atoms with E-state index >= 15 is 0 Å². The largest absolute Gasteiger partial charge is 0.511 e. The number of nitrogens with zero attached hydrogens (tertiary/aromatic N) is 4. The fraction of sp³-hybridized carbons (Fsp3) is 0.238. The number of fused-ring (bicyclic) bond motifs is 1. The van der Waals surface area contributed by atoms with Gasteiger partial charge in [-0.25, -0.2) is 9.97 Å². The summed E-state index contributed by atoms with van der Waals surface area (Å²) in [4.78, 5) is 20.3. The van der Waals surface area contributed by atoms with E-state index in [4.69, 9.17) is 0 Å². The molecule has 0 aliphatic rings. The van der Waals surface area contributed by atoms with Gasteiger partial charge in [0.25, 0.3) is 0 Å². The minimum Gasteiger partial charge on any atom is -0.511 e. The molecule has 6 nitrogen and oxygen atoms in total. The number of allylic oxidation sites excluding steroid dienone is 1. The molecule has 3 aromatic rings. The van der Waals surface area contributed by atoms with Gasteiger partial charge in [-0.15, -0.1) is 13.2 Å². The lowest BCUT2D eigenvalue weighted by molar-refractivity contribution is 0.101. The Balaban J connectivity index is 0.000000855. The Bertz CT molecular complexity index is 927. The Labute approximate surface area is 159 Å². The van der Waals surface area contributed by atoms with E-state index < -0.39 is 0 Å². The lowest BCUT2D eigenvalue weighted by atomic mass is 10.0. The van der Waals surface area contributed by atoms with Crippen LogP contribution in [0.25, 0.3) is 22.0 Å². The lowest BCUT2D eigenvalue weighted by Gasteiger charge is -2.04. The number of rotatable bonds is 4. The minimum absolute atomic E-state index is 0.0134. The summed E-state index contributed by atoms with van der Waals surface area (Å²) in [6.07, 6.45) is 3.49. The third kappa shape index (κ3) is 5.10. The van der Waals surface area contributed by atoms with Gasteiger partial charge in [-0.3, -0.25) is 9.48 Å². The number of aromatic nitrogens is 4. The molecule has 1 N–H and O–H groups in total. The monoisotopic (exact) mass is 366 g/mol. The summed E-state index contributed by atoms with van der Waals surface area (Å²) in [6.45, 7) is 16.9. The molecule has 0 radical (unpaired) electrons. The molecule has 3 rings (SSSR count). The Morgan fingerprint density at radius 2 is 1.74 bits per heavy atom. The maximum atomic E-state index is 11.9. The summed E-state index contributed by atoms with van der Waals surface area (Å²) in [5.41, 5.74) is 2.91. The van der Waals surface area contributed by atoms with Crippen LogP contribution in [0.3, 0.4) is 0 Å². The predicted octanol–water partition coefficient (Wildman–Crippen LogP) is 4.90. The summed E-state index contributed by atoms with van der Waals surface area (Å²) in [7, 11) is 0. The fourth-order valence-electron chi connectivity index (χ4n) is 2.45. The summed E-state index contributed by atoms with van der Waals surface area (Å²) in [6, 6.07) is 5.68. The van der Waals surface area contributed by atoms with Crippen molar-refractivity contribution >= 4 is 16.7 Å². The highest BCUT2D eigenvalue weighted by Gasteiger charge is 2.15. The first-order valence-corrected chi connectivity index (χ1v) is 8.63. The number of aliphatic hydroxyl groups excluding tert-OH is 1. The number of benzene rings is 1. The second kappa shape index (κ2) is 10.0. The highest BCUT2D eigenvalue weighted by atomic mass is 16.3. The normalized spacial score (nSPS) is 9.63. The molecule has 27 heavy (non-hydrogen) atoms. The van der Waals surface area contributed by atoms with Crippen LogP contribution in [0.15, 0.2) is 56.1 Å². The highest BCUT2D eigenvalue weighted by Crippen LogP contribution is 2.26. The molecule has 6 heteroatoms. The molecule has 0 unspecified atom stereocenters. The van der Waals surface area contributed by atoms with Crippen molar-refractivity contribution in [1.29, 1.82) is 0 Å². The number of aryl methyl sites for hydroxylation is 1. The van der Waals surface area contributed by atoms with Gasteiger partial charge in [0.05, 0.1) is 12.1 Å². The third-order valence-corrected chi connectivity index (χ3v) is 3.53. The van der Waals surface area contributed by atoms with Crippen LogP contribution in [0, 0.1) is 6.92 Å². The Morgan fingerprint density at radius 1 is 1.15 bits per heavy atom. The minimum atomic E-state index is -0.130. The van der Waals surface area contributed by atoms with Crippen LogP contribution >= 0.6 is 0 Å². The smallest absolute Gasteiger partial charge is 0.180 e. The first kappa shape index (κ1) is 21.8. The molecule has 0 aliphatic heterocycles. The van der Waals surface area contributed by atoms with Crippen molar-refractivity contribution in [2.75, 3.05) is 0 Å². The Kier molecular flexibility index (Phi) is 8.07. The van der Waals surface area contributed by atoms with Crippen molar-refractivity contribution in [1.82, 2.24) is 19.7 Å². The molecule has 0 bridgehead atoms. The van der Waals surface area contributed by atoms with E-state index in [0.29, 0.717) is 11.5 Å². The van der Waals surface area contributed by atoms with E-state index in [-0.39, 0.29) is 18.1 Å². The van der Waals surface area contributed by atoms with Crippen LogP contribution in [0.1, 0.15) is 37.1 Å². The molecule has 2 aromatic heterocycles. The van der Waals surface area contributed by atoms with Crippen LogP contribution in [-0.2, 0) is 6.54 Å². The van der Waals surface area contributed by atoms with Crippen LogP contribution in [0.4, 0.5) is 0 Å². The van der Waals surface area contributed by atoms with Gasteiger partial charge in [0.15, 0.2) is 5.78 Å². The summed E-state index contributed by atoms with van der Waals surface area (Å²) in [5.74, 6) is 0.559. The maximum absolute atomic E-state index is 11.9. The molecule has 1 aromatic carbocycles. The van der Waals surface area contributed by atoms with Crippen molar-refractivity contribution in [3.63, 3.8) is 0 Å². The molecule has 2 heterocycles. The second-order valence-corrected chi connectivity index (χ2v) is 5.38. The van der Waals surface area contributed by atoms with E-state index in [9.17, 15) is 9.90 Å². The number of aliphatic hydroxyl groups is 1. The molecule has 0 saturated heterocycles. The highest BCUT2D eigenvalue weighted by molar-refractivity contribution is 6.05. The van der Waals surface area contributed by atoms with Crippen molar-refractivity contribution in [3.8, 4) is 11.1 Å². The number of ketones is 1. The van der Waals surface area contributed by atoms with E-state index in [2.05, 4.69) is 34.8 Å². The van der Waals surface area contributed by atoms with Gasteiger partial charge in [-0.05, 0) is 24.6 Å². The fourth-order valence-corrected chi connectivity index (χ4v) is 2.45. The molecule has 142 valence electrons. The van der Waals surface area contributed by atoms with Crippen LogP contribution in [-0.4, -0.2) is 30.6 Å². The van der Waals surface area contributed by atoms with Gasteiger partial charge in [0.1, 0.15) is 17.3 Å². The molecular weight excluding hydrogens is 340 g/mol. The molecule has 0 aliphatic carbocycles. The van der Waals surface area contributed by atoms with Gasteiger partial charge in [-0.1, -0.05) is 26.5 Å². The van der Waals surface area contributed by atoms with E-state index in [0.717, 1.165) is 22.0 Å². The Morgan fingerprint density at radius 3 is 2.26 bits per heavy atom. The van der Waals surface area contributed by atoms with Crippen molar-refractivity contribution < 1.29 is 9.90 Å². The zero-order valence-corrected chi connectivity index (χ0v) is 16.4. The maximum Gasteiger partial charge on any atom is 0.180 e. The third-order valence-electron chi connectivity index (χ3n) is 3.53. The van der Waals surface area contributed by atoms with Gasteiger partial charge in [-0.2, -0.15) is 5.10 Å². The number of carbonyl (C=O) groups excluding carboxylic acids is 1. The van der Waals surface area contributed by atoms with Crippen LogP contribution < -0.4 is 0 Å². The Hall–Kier alpha value is -3.28. The average Bonchev–Trinajstić information content (AvgIpc) is 3.03. The first-order valence-electron chi connectivity index (χ1n) is 8.63. The number of hydrogen-bond acceptors (Lipinski definition) is 5. The molecule has 0 saturated carbocycles. The van der Waals surface area contributed by atoms with Gasteiger partial charge >= 0.3 is 0 Å². The van der Waals surface area contributed by atoms with Crippen molar-refractivity contribution in [3.05, 3.63) is 67.6 Å².